The van der Waals surface area contributed by atoms with Crippen molar-refractivity contribution in [3.8, 4) is 0 Å². The third kappa shape index (κ3) is 1.68. The van der Waals surface area contributed by atoms with Crippen molar-refractivity contribution in [3.63, 3.8) is 0 Å². The van der Waals surface area contributed by atoms with Crippen LogP contribution in [0.3, 0.4) is 0 Å². The molecule has 0 aromatic carbocycles. The topological polar surface area (TPSA) is 36.3 Å². The molecule has 2 aliphatic carbocycles. The van der Waals surface area contributed by atoms with Gasteiger partial charge in [0.05, 0.1) is 18.9 Å². The van der Waals surface area contributed by atoms with Gasteiger partial charge in [-0.25, -0.2) is 0 Å². The van der Waals surface area contributed by atoms with E-state index in [4.69, 9.17) is 14.6 Å². The van der Waals surface area contributed by atoms with Crippen molar-refractivity contribution >= 4 is 15.9 Å². The molecular weight excluding hydrogens is 344 g/mol. The second kappa shape index (κ2) is 4.58. The number of nitrogens with zero attached hydrogens (tertiary/aromatic N) is 2. The Kier molecular flexibility index (Phi) is 3.15. The van der Waals surface area contributed by atoms with Crippen molar-refractivity contribution < 1.29 is 9.47 Å². The molecule has 1 saturated heterocycles. The van der Waals surface area contributed by atoms with Gasteiger partial charge in [0.1, 0.15) is 4.60 Å². The maximum absolute atomic E-state index is 6.15. The minimum atomic E-state index is -0.388. The molecule has 4 nitrogen and oxygen atoms in total. The molecule has 0 radical (unpaired) electrons. The molecule has 3 aliphatic rings. The molecule has 2 fully saturated rings. The van der Waals surface area contributed by atoms with Gasteiger partial charge in [-0.3, -0.25) is 4.68 Å². The Labute approximate surface area is 140 Å². The average molecular weight is 369 g/mol. The molecule has 0 N–H and O–H groups in total. The van der Waals surface area contributed by atoms with E-state index in [1.165, 1.54) is 17.7 Å². The van der Waals surface area contributed by atoms with Crippen LogP contribution in [0.15, 0.2) is 4.60 Å². The van der Waals surface area contributed by atoms with E-state index in [2.05, 4.69) is 36.7 Å². The van der Waals surface area contributed by atoms with Crippen molar-refractivity contribution in [2.24, 2.45) is 18.4 Å². The van der Waals surface area contributed by atoms with Crippen LogP contribution in [-0.2, 0) is 28.4 Å². The predicted octanol–water partition coefficient (Wildman–Crippen LogP) is 3.57. The van der Waals surface area contributed by atoms with Gasteiger partial charge in [-0.2, -0.15) is 5.10 Å². The van der Waals surface area contributed by atoms with Gasteiger partial charge in [-0.1, -0.05) is 20.8 Å². The SMILES string of the molecule is Cn1nc2c(c1Br)CC[C@H]1C(C)(C)C3(CC[C@]21C)OCCO3. The van der Waals surface area contributed by atoms with Crippen LogP contribution in [0.5, 0.6) is 0 Å². The van der Waals surface area contributed by atoms with Gasteiger partial charge in [-0.05, 0) is 41.1 Å². The molecule has 4 rings (SSSR count). The van der Waals surface area contributed by atoms with Crippen molar-refractivity contribution in [1.82, 2.24) is 9.78 Å². The summed E-state index contributed by atoms with van der Waals surface area (Å²) in [5.41, 5.74) is 2.81. The van der Waals surface area contributed by atoms with E-state index in [1.54, 1.807) is 0 Å². The van der Waals surface area contributed by atoms with Gasteiger partial charge >= 0.3 is 0 Å². The van der Waals surface area contributed by atoms with Gasteiger partial charge in [0, 0.05) is 29.9 Å². The first-order valence-electron chi connectivity index (χ1n) is 8.32. The highest BCUT2D eigenvalue weighted by atomic mass is 79.9. The molecule has 122 valence electrons. The molecule has 0 bridgehead atoms. The lowest BCUT2D eigenvalue weighted by atomic mass is 9.49. The van der Waals surface area contributed by atoms with Gasteiger partial charge in [-0.15, -0.1) is 0 Å². The second-order valence-electron chi connectivity index (χ2n) is 7.92. The number of rotatable bonds is 0. The van der Waals surface area contributed by atoms with Crippen molar-refractivity contribution in [2.45, 2.75) is 57.7 Å². The van der Waals surface area contributed by atoms with E-state index in [-0.39, 0.29) is 16.6 Å². The monoisotopic (exact) mass is 368 g/mol. The van der Waals surface area contributed by atoms with Crippen LogP contribution in [0.1, 0.15) is 51.3 Å². The average Bonchev–Trinajstić information content (AvgIpc) is 3.05. The third-order valence-electron chi connectivity index (χ3n) is 6.64. The summed E-state index contributed by atoms with van der Waals surface area (Å²) in [6, 6.07) is 0. The Morgan fingerprint density at radius 2 is 1.86 bits per heavy atom. The lowest BCUT2D eigenvalue weighted by Gasteiger charge is -2.59. The van der Waals surface area contributed by atoms with Crippen LogP contribution in [0, 0.1) is 11.3 Å². The highest BCUT2D eigenvalue weighted by molar-refractivity contribution is 9.10. The zero-order valence-corrected chi connectivity index (χ0v) is 15.5. The Balaban J connectivity index is 1.81. The van der Waals surface area contributed by atoms with Crippen molar-refractivity contribution in [3.05, 3.63) is 15.9 Å². The molecular formula is C17H25BrN2O2. The maximum atomic E-state index is 6.15. The standard InChI is InChI=1S/C17H25BrN2O2/c1-15(2)12-6-5-11-13(19-20(4)14(11)18)16(12,3)7-8-17(15)21-9-10-22-17/h12H,5-10H2,1-4H3/t12-,16-/m0/s1. The first-order chi connectivity index (χ1) is 10.3. The summed E-state index contributed by atoms with van der Waals surface area (Å²) in [5, 5.41) is 4.88. The number of aryl methyl sites for hydroxylation is 1. The zero-order valence-electron chi connectivity index (χ0n) is 13.9. The summed E-state index contributed by atoms with van der Waals surface area (Å²) in [4.78, 5) is 0. The van der Waals surface area contributed by atoms with Crippen molar-refractivity contribution in [2.75, 3.05) is 13.2 Å². The summed E-state index contributed by atoms with van der Waals surface area (Å²) >= 11 is 3.72. The van der Waals surface area contributed by atoms with E-state index in [0.717, 1.165) is 37.1 Å². The van der Waals surface area contributed by atoms with Gasteiger partial charge in [0.15, 0.2) is 5.79 Å². The van der Waals surface area contributed by atoms with Gasteiger partial charge in [0.25, 0.3) is 0 Å². The second-order valence-corrected chi connectivity index (χ2v) is 8.67. The minimum Gasteiger partial charge on any atom is -0.347 e. The molecule has 1 aromatic rings. The number of halogens is 1. The first-order valence-corrected chi connectivity index (χ1v) is 9.11. The van der Waals surface area contributed by atoms with E-state index < -0.39 is 0 Å². The van der Waals surface area contributed by atoms with Crippen LogP contribution < -0.4 is 0 Å². The Hall–Kier alpha value is -0.390. The highest BCUT2D eigenvalue weighted by Crippen LogP contribution is 2.62. The number of hydrogen-bond acceptors (Lipinski definition) is 3. The normalized spacial score (nSPS) is 35.4. The zero-order chi connectivity index (χ0) is 15.8. The number of hydrogen-bond donors (Lipinski definition) is 0. The molecule has 0 unspecified atom stereocenters. The summed E-state index contributed by atoms with van der Waals surface area (Å²) < 4.78 is 15.4. The molecule has 2 heterocycles. The third-order valence-corrected chi connectivity index (χ3v) is 7.63. The summed E-state index contributed by atoms with van der Waals surface area (Å²) in [5.74, 6) is 0.141. The van der Waals surface area contributed by atoms with Gasteiger partial charge in [0.2, 0.25) is 0 Å². The lowest BCUT2D eigenvalue weighted by molar-refractivity contribution is -0.276. The van der Waals surface area contributed by atoms with Crippen molar-refractivity contribution in [1.29, 1.82) is 0 Å². The van der Waals surface area contributed by atoms with Gasteiger partial charge < -0.3 is 9.47 Å². The lowest BCUT2D eigenvalue weighted by Crippen LogP contribution is -2.61. The molecule has 1 aliphatic heterocycles. The molecule has 2 atom stereocenters. The largest absolute Gasteiger partial charge is 0.347 e. The smallest absolute Gasteiger partial charge is 0.173 e. The molecule has 22 heavy (non-hydrogen) atoms. The summed E-state index contributed by atoms with van der Waals surface area (Å²) in [6.45, 7) is 8.53. The summed E-state index contributed by atoms with van der Waals surface area (Å²) in [7, 11) is 2.03. The highest BCUT2D eigenvalue weighted by Gasteiger charge is 2.63. The molecule has 5 heteroatoms. The Morgan fingerprint density at radius 1 is 1.18 bits per heavy atom. The van der Waals surface area contributed by atoms with Crippen LogP contribution >= 0.6 is 15.9 Å². The fraction of sp³-hybridized carbons (Fsp3) is 0.824. The molecule has 1 saturated carbocycles. The number of fused-ring (bicyclic) bond motifs is 3. The molecule has 1 spiro atoms. The van der Waals surface area contributed by atoms with Crippen LogP contribution in [0.2, 0.25) is 0 Å². The van der Waals surface area contributed by atoms with E-state index in [1.807, 2.05) is 11.7 Å². The maximum Gasteiger partial charge on any atom is 0.173 e. The van der Waals surface area contributed by atoms with E-state index in [9.17, 15) is 0 Å². The quantitative estimate of drug-likeness (QED) is 0.702. The molecule has 0 amide bonds. The minimum absolute atomic E-state index is 0.00180. The fourth-order valence-electron chi connectivity index (χ4n) is 5.43. The fourth-order valence-corrected chi connectivity index (χ4v) is 5.90. The van der Waals surface area contributed by atoms with E-state index >= 15 is 0 Å². The summed E-state index contributed by atoms with van der Waals surface area (Å²) in [6.07, 6.45) is 4.30. The molecule has 1 aromatic heterocycles. The Morgan fingerprint density at radius 3 is 2.55 bits per heavy atom. The first kappa shape index (κ1) is 15.2. The van der Waals surface area contributed by atoms with Crippen LogP contribution in [0.4, 0.5) is 0 Å². The van der Waals surface area contributed by atoms with E-state index in [0.29, 0.717) is 5.92 Å². The number of ether oxygens (including phenoxy) is 2. The Bertz CT molecular complexity index is 618. The van der Waals surface area contributed by atoms with Crippen LogP contribution in [-0.4, -0.2) is 28.8 Å². The predicted molar refractivity (Wildman–Crippen MR) is 87.7 cm³/mol. The number of aromatic nitrogens is 2. The van der Waals surface area contributed by atoms with Crippen LogP contribution in [0.25, 0.3) is 0 Å².